The van der Waals surface area contributed by atoms with E-state index in [0.717, 1.165) is 25.3 Å². The molecule has 0 amide bonds. The summed E-state index contributed by atoms with van der Waals surface area (Å²) in [4.78, 5) is 4.58. The van der Waals surface area contributed by atoms with Gasteiger partial charge in [-0.15, -0.1) is 0 Å². The summed E-state index contributed by atoms with van der Waals surface area (Å²) in [5.74, 6) is 0.962. The van der Waals surface area contributed by atoms with Gasteiger partial charge in [0.25, 0.3) is 0 Å². The number of nitrogens with one attached hydrogen (secondary N) is 1. The number of hydrogen-bond acceptors (Lipinski definition) is 2. The Hall–Kier alpha value is -0.890. The zero-order valence-electron chi connectivity index (χ0n) is 11.8. The highest BCUT2D eigenvalue weighted by Crippen LogP contribution is 2.31. The van der Waals surface area contributed by atoms with E-state index in [2.05, 4.69) is 36.3 Å². The van der Waals surface area contributed by atoms with Crippen molar-refractivity contribution < 1.29 is 0 Å². The Bertz CT molecular complexity index is 341. The Morgan fingerprint density at radius 2 is 2.17 bits per heavy atom. The lowest BCUT2D eigenvalue weighted by Crippen LogP contribution is -2.34. The van der Waals surface area contributed by atoms with Crippen LogP contribution in [0, 0.1) is 5.92 Å². The van der Waals surface area contributed by atoms with Gasteiger partial charge in [0.05, 0.1) is 0 Å². The molecule has 18 heavy (non-hydrogen) atoms. The van der Waals surface area contributed by atoms with Crippen LogP contribution in [0.1, 0.15) is 50.8 Å². The molecule has 1 aliphatic carbocycles. The number of aryl methyl sites for hydroxylation is 1. The van der Waals surface area contributed by atoms with Crippen LogP contribution in [0.2, 0.25) is 0 Å². The Morgan fingerprint density at radius 3 is 2.67 bits per heavy atom. The lowest BCUT2D eigenvalue weighted by atomic mass is 9.80. The van der Waals surface area contributed by atoms with Crippen LogP contribution in [0.4, 0.5) is 0 Å². The molecule has 1 unspecified atom stereocenters. The van der Waals surface area contributed by atoms with E-state index in [-0.39, 0.29) is 0 Å². The lowest BCUT2D eigenvalue weighted by molar-refractivity contribution is 0.259. The van der Waals surface area contributed by atoms with Crippen LogP contribution in [-0.2, 0) is 12.8 Å². The monoisotopic (exact) mass is 246 g/mol. The quantitative estimate of drug-likeness (QED) is 0.798. The van der Waals surface area contributed by atoms with Crippen LogP contribution in [0.3, 0.4) is 0 Å². The van der Waals surface area contributed by atoms with Gasteiger partial charge < -0.3 is 5.32 Å². The molecule has 1 aliphatic rings. The molecule has 0 radical (unpaired) electrons. The van der Waals surface area contributed by atoms with Gasteiger partial charge in [0.15, 0.2) is 0 Å². The molecule has 0 aromatic carbocycles. The third-order valence-electron chi connectivity index (χ3n) is 4.09. The van der Waals surface area contributed by atoms with E-state index in [4.69, 9.17) is 0 Å². The first-order valence-corrected chi connectivity index (χ1v) is 7.49. The van der Waals surface area contributed by atoms with E-state index in [1.165, 1.54) is 36.9 Å². The van der Waals surface area contributed by atoms with Crippen molar-refractivity contribution in [2.24, 2.45) is 5.92 Å². The van der Waals surface area contributed by atoms with Gasteiger partial charge >= 0.3 is 0 Å². The lowest BCUT2D eigenvalue weighted by Gasteiger charge is -2.30. The van der Waals surface area contributed by atoms with E-state index < -0.39 is 0 Å². The van der Waals surface area contributed by atoms with Gasteiger partial charge in [0.2, 0.25) is 0 Å². The number of hydrogen-bond donors (Lipinski definition) is 1. The number of pyridine rings is 1. The molecule has 0 aliphatic heterocycles. The molecule has 2 heteroatoms. The van der Waals surface area contributed by atoms with Gasteiger partial charge in [-0.1, -0.05) is 39.2 Å². The molecule has 1 N–H and O–H groups in total. The van der Waals surface area contributed by atoms with Crippen molar-refractivity contribution in [3.8, 4) is 0 Å². The van der Waals surface area contributed by atoms with Crippen molar-refractivity contribution in [3.63, 3.8) is 0 Å². The molecule has 100 valence electrons. The van der Waals surface area contributed by atoms with E-state index in [1.54, 1.807) is 0 Å². The highest BCUT2D eigenvalue weighted by molar-refractivity contribution is 5.14. The van der Waals surface area contributed by atoms with Crippen LogP contribution in [-0.4, -0.2) is 17.6 Å². The maximum Gasteiger partial charge on any atom is 0.0419 e. The molecular weight excluding hydrogens is 220 g/mol. The van der Waals surface area contributed by atoms with Gasteiger partial charge in [-0.05, 0) is 36.9 Å². The second-order valence-corrected chi connectivity index (χ2v) is 5.50. The van der Waals surface area contributed by atoms with Crippen LogP contribution in [0.25, 0.3) is 0 Å². The second kappa shape index (κ2) is 6.89. The molecule has 1 saturated carbocycles. The van der Waals surface area contributed by atoms with Crippen molar-refractivity contribution in [2.75, 3.05) is 6.54 Å². The highest BCUT2D eigenvalue weighted by atomic mass is 14.9. The molecule has 1 atom stereocenters. The average Bonchev–Trinajstić information content (AvgIpc) is 2.35. The Balaban J connectivity index is 1.89. The maximum atomic E-state index is 4.58. The minimum atomic E-state index is 0.611. The zero-order valence-corrected chi connectivity index (χ0v) is 11.8. The summed E-state index contributed by atoms with van der Waals surface area (Å²) in [5.41, 5.74) is 2.57. The normalized spacial score (nSPS) is 17.4. The standard InChI is InChI=1S/C16H26N2/c1-3-13-8-9-15(18-12-13)11-16(17-4-2)10-14-6-5-7-14/h8-9,12,14,16-17H,3-7,10-11H2,1-2H3. The Morgan fingerprint density at radius 1 is 1.33 bits per heavy atom. The second-order valence-electron chi connectivity index (χ2n) is 5.50. The molecule has 2 rings (SSSR count). The van der Waals surface area contributed by atoms with Crippen molar-refractivity contribution in [3.05, 3.63) is 29.6 Å². The van der Waals surface area contributed by atoms with Gasteiger partial charge in [-0.25, -0.2) is 0 Å². The predicted octanol–water partition coefficient (Wildman–Crippen LogP) is 3.35. The first kappa shape index (κ1) is 13.5. The summed E-state index contributed by atoms with van der Waals surface area (Å²) >= 11 is 0. The summed E-state index contributed by atoms with van der Waals surface area (Å²) in [6.45, 7) is 5.43. The molecule has 1 fully saturated rings. The summed E-state index contributed by atoms with van der Waals surface area (Å²) in [5, 5.41) is 3.62. The third-order valence-corrected chi connectivity index (χ3v) is 4.09. The van der Waals surface area contributed by atoms with Crippen molar-refractivity contribution in [1.29, 1.82) is 0 Å². The molecule has 1 aromatic heterocycles. The van der Waals surface area contributed by atoms with Crippen LogP contribution >= 0.6 is 0 Å². The summed E-state index contributed by atoms with van der Waals surface area (Å²) in [6.07, 6.45) is 9.81. The molecule has 1 heterocycles. The number of aromatic nitrogens is 1. The largest absolute Gasteiger partial charge is 0.314 e. The first-order chi connectivity index (χ1) is 8.81. The first-order valence-electron chi connectivity index (χ1n) is 7.49. The van der Waals surface area contributed by atoms with E-state index >= 15 is 0 Å². The van der Waals surface area contributed by atoms with E-state index in [1.807, 2.05) is 6.20 Å². The summed E-state index contributed by atoms with van der Waals surface area (Å²) in [7, 11) is 0. The van der Waals surface area contributed by atoms with Crippen molar-refractivity contribution in [1.82, 2.24) is 10.3 Å². The predicted molar refractivity (Wildman–Crippen MR) is 76.7 cm³/mol. The van der Waals surface area contributed by atoms with Crippen molar-refractivity contribution in [2.45, 2.75) is 58.4 Å². The minimum absolute atomic E-state index is 0.611. The van der Waals surface area contributed by atoms with Gasteiger partial charge in [0.1, 0.15) is 0 Å². The van der Waals surface area contributed by atoms with Crippen LogP contribution in [0.5, 0.6) is 0 Å². The fourth-order valence-corrected chi connectivity index (χ4v) is 2.70. The Labute approximate surface area is 111 Å². The van der Waals surface area contributed by atoms with E-state index in [0.29, 0.717) is 6.04 Å². The maximum absolute atomic E-state index is 4.58. The van der Waals surface area contributed by atoms with Crippen molar-refractivity contribution >= 4 is 0 Å². The fraction of sp³-hybridized carbons (Fsp3) is 0.688. The van der Waals surface area contributed by atoms with Gasteiger partial charge in [-0.2, -0.15) is 0 Å². The van der Waals surface area contributed by atoms with Gasteiger partial charge in [0, 0.05) is 24.4 Å². The topological polar surface area (TPSA) is 24.9 Å². The SMILES string of the molecule is CCNC(Cc1ccc(CC)cn1)CC1CCC1. The van der Waals surface area contributed by atoms with Gasteiger partial charge in [-0.3, -0.25) is 4.98 Å². The minimum Gasteiger partial charge on any atom is -0.314 e. The summed E-state index contributed by atoms with van der Waals surface area (Å²) < 4.78 is 0. The highest BCUT2D eigenvalue weighted by Gasteiger charge is 2.21. The molecule has 0 bridgehead atoms. The number of likely N-dealkylation sites (N-methyl/N-ethyl adjacent to an activating group) is 1. The molecule has 0 spiro atoms. The number of rotatable bonds is 7. The smallest absolute Gasteiger partial charge is 0.0419 e. The number of nitrogens with zero attached hydrogens (tertiary/aromatic N) is 1. The van der Waals surface area contributed by atoms with Crippen LogP contribution < -0.4 is 5.32 Å². The zero-order chi connectivity index (χ0) is 12.8. The fourth-order valence-electron chi connectivity index (χ4n) is 2.70. The Kier molecular flexibility index (Phi) is 5.18. The van der Waals surface area contributed by atoms with Crippen LogP contribution in [0.15, 0.2) is 18.3 Å². The molecular formula is C16H26N2. The molecule has 2 nitrogen and oxygen atoms in total. The average molecular weight is 246 g/mol. The van der Waals surface area contributed by atoms with E-state index in [9.17, 15) is 0 Å². The summed E-state index contributed by atoms with van der Waals surface area (Å²) in [6, 6.07) is 5.03. The molecule has 0 saturated heterocycles. The molecule has 1 aromatic rings. The third kappa shape index (κ3) is 3.81.